The lowest BCUT2D eigenvalue weighted by Crippen LogP contribution is -2.09. The normalized spacial score (nSPS) is 10.2. The monoisotopic (exact) mass is 424 g/mol. The van der Waals surface area contributed by atoms with Crippen LogP contribution in [0.3, 0.4) is 0 Å². The number of benzene rings is 3. The van der Waals surface area contributed by atoms with Crippen molar-refractivity contribution < 1.29 is 4.74 Å². The molecule has 4 rings (SSSR count). The van der Waals surface area contributed by atoms with Crippen LogP contribution in [-0.2, 0) is 0 Å². The molecule has 3 heteroatoms. The third-order valence-corrected chi connectivity index (χ3v) is 4.96. The van der Waals surface area contributed by atoms with Gasteiger partial charge in [-0.3, -0.25) is 0 Å². The van der Waals surface area contributed by atoms with Gasteiger partial charge in [0, 0.05) is 16.7 Å². The summed E-state index contributed by atoms with van der Waals surface area (Å²) in [5.74, 6) is 0.893. The second-order valence-corrected chi connectivity index (χ2v) is 7.24. The topological polar surface area (TPSA) is 34.1 Å². The number of rotatable bonds is 7. The molecule has 0 spiro atoms. The van der Waals surface area contributed by atoms with E-state index in [9.17, 15) is 0 Å². The fourth-order valence-electron chi connectivity index (χ4n) is 3.44. The standard InChI is InChI=1S/C25H21NO.C4H11N/c1-2-27-25-16-10-9-15-22(25)21-17-23(19-11-5-3-6-12-19)26-24(18-21)20-13-7-4-8-14-20;1-3-5-4-2/h3-18H,2H2,1H3;5H,3-4H2,1-2H3. The van der Waals surface area contributed by atoms with Crippen LogP contribution in [0.15, 0.2) is 97.1 Å². The molecule has 0 saturated heterocycles. The maximum atomic E-state index is 5.86. The van der Waals surface area contributed by atoms with E-state index in [0.29, 0.717) is 6.61 Å². The number of ether oxygens (including phenoxy) is 1. The summed E-state index contributed by atoms with van der Waals surface area (Å²) in [4.78, 5) is 4.93. The fourth-order valence-corrected chi connectivity index (χ4v) is 3.44. The molecule has 0 aliphatic heterocycles. The molecule has 1 heterocycles. The lowest BCUT2D eigenvalue weighted by Gasteiger charge is -2.13. The van der Waals surface area contributed by atoms with Crippen molar-refractivity contribution in [3.8, 4) is 39.4 Å². The molecule has 0 aliphatic carbocycles. The Morgan fingerprint density at radius 3 is 1.59 bits per heavy atom. The lowest BCUT2D eigenvalue weighted by atomic mass is 9.99. The first-order chi connectivity index (χ1) is 15.8. The number of hydrogen-bond acceptors (Lipinski definition) is 3. The molecular weight excluding hydrogens is 392 g/mol. The Bertz CT molecular complexity index is 1020. The summed E-state index contributed by atoms with van der Waals surface area (Å²) >= 11 is 0. The predicted molar refractivity (Wildman–Crippen MR) is 136 cm³/mol. The van der Waals surface area contributed by atoms with Crippen molar-refractivity contribution in [3.05, 3.63) is 97.1 Å². The van der Waals surface area contributed by atoms with Crippen molar-refractivity contribution in [2.75, 3.05) is 19.7 Å². The summed E-state index contributed by atoms with van der Waals surface area (Å²) < 4.78 is 5.86. The van der Waals surface area contributed by atoms with Crippen LogP contribution in [-0.4, -0.2) is 24.7 Å². The highest BCUT2D eigenvalue weighted by Crippen LogP contribution is 2.34. The van der Waals surface area contributed by atoms with Gasteiger partial charge in [-0.25, -0.2) is 4.98 Å². The molecule has 1 N–H and O–H groups in total. The number of nitrogens with zero attached hydrogens (tertiary/aromatic N) is 1. The molecule has 3 aromatic carbocycles. The van der Waals surface area contributed by atoms with Gasteiger partial charge in [-0.1, -0.05) is 92.7 Å². The van der Waals surface area contributed by atoms with Crippen molar-refractivity contribution in [1.82, 2.24) is 10.3 Å². The van der Waals surface area contributed by atoms with Crippen LogP contribution in [0.5, 0.6) is 5.75 Å². The molecule has 32 heavy (non-hydrogen) atoms. The van der Waals surface area contributed by atoms with Gasteiger partial charge in [-0.2, -0.15) is 0 Å². The SMILES string of the molecule is CCNCC.CCOc1ccccc1-c1cc(-c2ccccc2)nc(-c2ccccc2)c1. The van der Waals surface area contributed by atoms with Gasteiger partial charge in [0.2, 0.25) is 0 Å². The van der Waals surface area contributed by atoms with E-state index in [1.165, 1.54) is 0 Å². The third-order valence-electron chi connectivity index (χ3n) is 4.96. The molecule has 3 nitrogen and oxygen atoms in total. The van der Waals surface area contributed by atoms with Gasteiger partial charge in [-0.05, 0) is 43.8 Å². The van der Waals surface area contributed by atoms with Crippen molar-refractivity contribution in [1.29, 1.82) is 0 Å². The Morgan fingerprint density at radius 2 is 1.12 bits per heavy atom. The Balaban J connectivity index is 0.000000523. The molecule has 0 aliphatic rings. The van der Waals surface area contributed by atoms with Crippen LogP contribution in [0.1, 0.15) is 20.8 Å². The molecular formula is C29H32N2O. The van der Waals surface area contributed by atoms with Crippen molar-refractivity contribution in [2.45, 2.75) is 20.8 Å². The van der Waals surface area contributed by atoms with Crippen LogP contribution in [0, 0.1) is 0 Å². The molecule has 1 aromatic heterocycles. The van der Waals surface area contributed by atoms with E-state index in [2.05, 4.69) is 61.6 Å². The molecule has 164 valence electrons. The van der Waals surface area contributed by atoms with E-state index < -0.39 is 0 Å². The Labute approximate surface area is 192 Å². The number of nitrogens with one attached hydrogen (secondary N) is 1. The number of para-hydroxylation sites is 1. The second-order valence-electron chi connectivity index (χ2n) is 7.24. The van der Waals surface area contributed by atoms with Gasteiger partial charge in [0.15, 0.2) is 0 Å². The summed E-state index contributed by atoms with van der Waals surface area (Å²) in [5, 5.41) is 3.11. The molecule has 0 bridgehead atoms. The van der Waals surface area contributed by atoms with Crippen LogP contribution in [0.4, 0.5) is 0 Å². The van der Waals surface area contributed by atoms with E-state index in [1.807, 2.05) is 61.5 Å². The first-order valence-electron chi connectivity index (χ1n) is 11.3. The van der Waals surface area contributed by atoms with Gasteiger partial charge < -0.3 is 10.1 Å². The molecule has 4 aromatic rings. The Hall–Kier alpha value is -3.43. The molecule has 0 unspecified atom stereocenters. The molecule has 0 fully saturated rings. The van der Waals surface area contributed by atoms with Crippen LogP contribution < -0.4 is 10.1 Å². The molecule has 0 radical (unpaired) electrons. The number of hydrogen-bond donors (Lipinski definition) is 1. The average Bonchev–Trinajstić information content (AvgIpc) is 2.86. The Morgan fingerprint density at radius 1 is 0.625 bits per heavy atom. The predicted octanol–water partition coefficient (Wildman–Crippen LogP) is 7.10. The minimum Gasteiger partial charge on any atom is -0.493 e. The van der Waals surface area contributed by atoms with Crippen LogP contribution in [0.25, 0.3) is 33.6 Å². The highest BCUT2D eigenvalue weighted by Gasteiger charge is 2.11. The van der Waals surface area contributed by atoms with E-state index >= 15 is 0 Å². The van der Waals surface area contributed by atoms with E-state index in [4.69, 9.17) is 9.72 Å². The summed E-state index contributed by atoms with van der Waals surface area (Å²) in [7, 11) is 0. The van der Waals surface area contributed by atoms with Crippen LogP contribution >= 0.6 is 0 Å². The highest BCUT2D eigenvalue weighted by molar-refractivity contribution is 5.79. The van der Waals surface area contributed by atoms with E-state index in [-0.39, 0.29) is 0 Å². The lowest BCUT2D eigenvalue weighted by molar-refractivity contribution is 0.341. The zero-order valence-corrected chi connectivity index (χ0v) is 19.2. The smallest absolute Gasteiger partial charge is 0.127 e. The van der Waals surface area contributed by atoms with Gasteiger partial charge in [0.25, 0.3) is 0 Å². The molecule has 0 saturated carbocycles. The largest absolute Gasteiger partial charge is 0.493 e. The van der Waals surface area contributed by atoms with Gasteiger partial charge in [0.1, 0.15) is 5.75 Å². The first-order valence-corrected chi connectivity index (χ1v) is 11.3. The third kappa shape index (κ3) is 6.29. The number of aromatic nitrogens is 1. The van der Waals surface area contributed by atoms with Gasteiger partial charge in [-0.15, -0.1) is 0 Å². The average molecular weight is 425 g/mol. The number of pyridine rings is 1. The quantitative estimate of drug-likeness (QED) is 0.344. The van der Waals surface area contributed by atoms with E-state index in [0.717, 1.165) is 52.5 Å². The zero-order valence-electron chi connectivity index (χ0n) is 19.2. The van der Waals surface area contributed by atoms with Crippen LogP contribution in [0.2, 0.25) is 0 Å². The van der Waals surface area contributed by atoms with Crippen molar-refractivity contribution >= 4 is 0 Å². The maximum Gasteiger partial charge on any atom is 0.127 e. The Kier molecular flexibility index (Phi) is 9.03. The highest BCUT2D eigenvalue weighted by atomic mass is 16.5. The first kappa shape index (κ1) is 23.2. The summed E-state index contributed by atoms with van der Waals surface area (Å²) in [6.45, 7) is 9.04. The van der Waals surface area contributed by atoms with Gasteiger partial charge in [0.05, 0.1) is 18.0 Å². The fraction of sp³-hybridized carbons (Fsp3) is 0.207. The van der Waals surface area contributed by atoms with E-state index in [1.54, 1.807) is 0 Å². The minimum absolute atomic E-state index is 0.638. The molecule has 0 amide bonds. The summed E-state index contributed by atoms with van der Waals surface area (Å²) in [6, 6.07) is 33.0. The summed E-state index contributed by atoms with van der Waals surface area (Å²) in [6.07, 6.45) is 0. The summed E-state index contributed by atoms with van der Waals surface area (Å²) in [5.41, 5.74) is 6.30. The maximum absolute atomic E-state index is 5.86. The van der Waals surface area contributed by atoms with Gasteiger partial charge >= 0.3 is 0 Å². The van der Waals surface area contributed by atoms with Crippen molar-refractivity contribution in [3.63, 3.8) is 0 Å². The van der Waals surface area contributed by atoms with Crippen molar-refractivity contribution in [2.24, 2.45) is 0 Å². The second kappa shape index (κ2) is 12.4. The minimum atomic E-state index is 0.638. The zero-order chi connectivity index (χ0) is 22.6. The molecule has 0 atom stereocenters.